The molecule has 0 saturated heterocycles. The van der Waals surface area contributed by atoms with Crippen LogP contribution in [0.2, 0.25) is 0 Å². The van der Waals surface area contributed by atoms with Gasteiger partial charge in [0, 0.05) is 17.0 Å². The molecule has 7 nitrogen and oxygen atoms in total. The minimum atomic E-state index is -0.877. The highest BCUT2D eigenvalue weighted by Crippen LogP contribution is 2.28. The van der Waals surface area contributed by atoms with Gasteiger partial charge in [-0.05, 0) is 44.9 Å². The van der Waals surface area contributed by atoms with Gasteiger partial charge in [-0.1, -0.05) is 19.1 Å². The fraction of sp³-hybridized carbons (Fsp3) is 0.333. The maximum Gasteiger partial charge on any atom is 0.338 e. The molecule has 1 amide bonds. The Morgan fingerprint density at radius 2 is 1.93 bits per heavy atom. The van der Waals surface area contributed by atoms with Crippen molar-refractivity contribution in [1.82, 2.24) is 15.3 Å². The van der Waals surface area contributed by atoms with Gasteiger partial charge in [0.05, 0.1) is 10.9 Å². The number of aromatic amines is 1. The van der Waals surface area contributed by atoms with Crippen molar-refractivity contribution in [3.63, 3.8) is 0 Å². The van der Waals surface area contributed by atoms with Crippen LogP contribution in [0, 0.1) is 6.92 Å². The summed E-state index contributed by atoms with van der Waals surface area (Å²) in [4.78, 5) is 45.8. The monoisotopic (exact) mass is 413 g/mol. The molecule has 1 aromatic carbocycles. The van der Waals surface area contributed by atoms with E-state index in [4.69, 9.17) is 4.74 Å². The molecule has 0 unspecified atom stereocenters. The third kappa shape index (κ3) is 4.22. The second-order valence-electron chi connectivity index (χ2n) is 6.60. The maximum atomic E-state index is 12.6. The van der Waals surface area contributed by atoms with E-state index < -0.39 is 12.1 Å². The van der Waals surface area contributed by atoms with E-state index in [1.807, 2.05) is 13.8 Å². The molecular formula is C21H23N3O4S. The largest absolute Gasteiger partial charge is 0.449 e. The molecule has 0 radical (unpaired) electrons. The van der Waals surface area contributed by atoms with Gasteiger partial charge in [0.15, 0.2) is 6.10 Å². The summed E-state index contributed by atoms with van der Waals surface area (Å²) in [6.07, 6.45) is -0.0982. The Hall–Kier alpha value is -3.00. The number of hydrogen-bond acceptors (Lipinski definition) is 6. The van der Waals surface area contributed by atoms with Crippen LogP contribution in [0.4, 0.5) is 0 Å². The number of ether oxygens (including phenoxy) is 1. The number of aromatic nitrogens is 2. The van der Waals surface area contributed by atoms with Gasteiger partial charge < -0.3 is 15.0 Å². The number of esters is 1. The van der Waals surface area contributed by atoms with Crippen molar-refractivity contribution >= 4 is 33.4 Å². The molecule has 0 aliphatic rings. The SMILES string of the molecule is CCNC(=O)[C@@H](C)OC(=O)c1ccc(-c2nc3sc(C)c(CC)c3c(=O)[nH]2)cc1. The highest BCUT2D eigenvalue weighted by molar-refractivity contribution is 7.18. The smallest absolute Gasteiger partial charge is 0.338 e. The van der Waals surface area contributed by atoms with Gasteiger partial charge in [0.25, 0.3) is 11.5 Å². The van der Waals surface area contributed by atoms with Crippen LogP contribution < -0.4 is 10.9 Å². The number of nitrogens with one attached hydrogen (secondary N) is 2. The fourth-order valence-corrected chi connectivity index (χ4v) is 4.22. The normalized spacial score (nSPS) is 12.0. The lowest BCUT2D eigenvalue weighted by atomic mass is 10.1. The number of likely N-dealkylation sites (N-methyl/N-ethyl adjacent to an activating group) is 1. The summed E-state index contributed by atoms with van der Waals surface area (Å²) in [5.74, 6) is -0.485. The molecule has 0 saturated carbocycles. The van der Waals surface area contributed by atoms with Crippen LogP contribution in [0.25, 0.3) is 21.6 Å². The molecule has 2 heterocycles. The van der Waals surface area contributed by atoms with Crippen LogP contribution in [0.1, 0.15) is 41.6 Å². The Labute approximate surface area is 172 Å². The molecule has 3 aromatic rings. The second-order valence-corrected chi connectivity index (χ2v) is 7.81. The number of H-pyrrole nitrogens is 1. The summed E-state index contributed by atoms with van der Waals surface area (Å²) < 4.78 is 5.18. The first kappa shape index (κ1) is 20.7. The van der Waals surface area contributed by atoms with E-state index in [0.29, 0.717) is 33.7 Å². The van der Waals surface area contributed by atoms with Crippen LogP contribution in [-0.2, 0) is 16.0 Å². The van der Waals surface area contributed by atoms with Gasteiger partial charge in [-0.2, -0.15) is 0 Å². The van der Waals surface area contributed by atoms with Gasteiger partial charge in [0.1, 0.15) is 10.7 Å². The zero-order valence-electron chi connectivity index (χ0n) is 16.8. The van der Waals surface area contributed by atoms with E-state index in [1.54, 1.807) is 31.2 Å². The molecule has 2 N–H and O–H groups in total. The van der Waals surface area contributed by atoms with E-state index in [0.717, 1.165) is 16.9 Å². The highest BCUT2D eigenvalue weighted by Gasteiger charge is 2.19. The van der Waals surface area contributed by atoms with E-state index in [2.05, 4.69) is 15.3 Å². The second kappa shape index (κ2) is 8.57. The molecular weight excluding hydrogens is 390 g/mol. The van der Waals surface area contributed by atoms with E-state index in [1.165, 1.54) is 18.3 Å². The lowest BCUT2D eigenvalue weighted by molar-refractivity contribution is -0.128. The first-order valence-electron chi connectivity index (χ1n) is 9.47. The van der Waals surface area contributed by atoms with Gasteiger partial charge >= 0.3 is 5.97 Å². The van der Waals surface area contributed by atoms with Crippen molar-refractivity contribution in [2.75, 3.05) is 6.54 Å². The molecule has 0 fully saturated rings. The zero-order chi connectivity index (χ0) is 21.1. The van der Waals surface area contributed by atoms with Crippen LogP contribution in [0.3, 0.4) is 0 Å². The highest BCUT2D eigenvalue weighted by atomic mass is 32.1. The maximum absolute atomic E-state index is 12.6. The predicted octanol–water partition coefficient (Wildman–Crippen LogP) is 3.20. The fourth-order valence-electron chi connectivity index (χ4n) is 3.10. The molecule has 2 aromatic heterocycles. The molecule has 0 aliphatic carbocycles. The predicted molar refractivity (Wildman–Crippen MR) is 113 cm³/mol. The number of benzene rings is 1. The molecule has 152 valence electrons. The Morgan fingerprint density at radius 1 is 1.24 bits per heavy atom. The van der Waals surface area contributed by atoms with Crippen molar-refractivity contribution < 1.29 is 14.3 Å². The van der Waals surface area contributed by atoms with Crippen LogP contribution in [-0.4, -0.2) is 34.5 Å². The lowest BCUT2D eigenvalue weighted by Crippen LogP contribution is -2.35. The summed E-state index contributed by atoms with van der Waals surface area (Å²) in [5.41, 5.74) is 1.87. The lowest BCUT2D eigenvalue weighted by Gasteiger charge is -2.12. The Balaban J connectivity index is 1.84. The summed E-state index contributed by atoms with van der Waals surface area (Å²) in [6.45, 7) is 7.80. The average Bonchev–Trinajstić information content (AvgIpc) is 3.03. The molecule has 0 spiro atoms. The third-order valence-corrected chi connectivity index (χ3v) is 5.66. The Bertz CT molecular complexity index is 1120. The van der Waals surface area contributed by atoms with Crippen molar-refractivity contribution in [2.45, 2.75) is 40.2 Å². The standard InChI is InChI=1S/C21H23N3O4S/c1-5-15-12(4)29-20-16(15)19(26)23-17(24-20)13-7-9-14(10-8-13)21(27)28-11(3)18(25)22-6-2/h7-11H,5-6H2,1-4H3,(H,22,25)(H,23,24,26)/t11-/m1/s1. The summed E-state index contributed by atoms with van der Waals surface area (Å²) in [6, 6.07) is 6.56. The van der Waals surface area contributed by atoms with E-state index in [-0.39, 0.29) is 11.5 Å². The quantitative estimate of drug-likeness (QED) is 0.605. The summed E-state index contributed by atoms with van der Waals surface area (Å²) >= 11 is 1.50. The molecule has 0 aliphatic heterocycles. The minimum absolute atomic E-state index is 0.162. The number of amides is 1. The number of hydrogen-bond donors (Lipinski definition) is 2. The van der Waals surface area contributed by atoms with Gasteiger partial charge in [0.2, 0.25) is 0 Å². The third-order valence-electron chi connectivity index (χ3n) is 4.61. The van der Waals surface area contributed by atoms with Crippen molar-refractivity contribution in [2.24, 2.45) is 0 Å². The van der Waals surface area contributed by atoms with Gasteiger partial charge in [-0.3, -0.25) is 9.59 Å². The minimum Gasteiger partial charge on any atom is -0.449 e. The number of fused-ring (bicyclic) bond motifs is 1. The number of rotatable bonds is 6. The zero-order valence-corrected chi connectivity index (χ0v) is 17.6. The van der Waals surface area contributed by atoms with Gasteiger partial charge in [-0.25, -0.2) is 9.78 Å². The molecule has 0 bridgehead atoms. The topological polar surface area (TPSA) is 101 Å². The van der Waals surface area contributed by atoms with Crippen LogP contribution >= 0.6 is 11.3 Å². The van der Waals surface area contributed by atoms with Crippen LogP contribution in [0.5, 0.6) is 0 Å². The van der Waals surface area contributed by atoms with E-state index >= 15 is 0 Å². The van der Waals surface area contributed by atoms with Crippen LogP contribution in [0.15, 0.2) is 29.1 Å². The molecule has 1 atom stereocenters. The van der Waals surface area contributed by atoms with Crippen molar-refractivity contribution in [3.05, 3.63) is 50.6 Å². The first-order valence-corrected chi connectivity index (χ1v) is 10.3. The number of aryl methyl sites for hydroxylation is 2. The number of thiophene rings is 1. The first-order chi connectivity index (χ1) is 13.8. The average molecular weight is 413 g/mol. The Morgan fingerprint density at radius 3 is 2.55 bits per heavy atom. The number of nitrogens with zero attached hydrogens (tertiary/aromatic N) is 1. The van der Waals surface area contributed by atoms with Crippen molar-refractivity contribution in [1.29, 1.82) is 0 Å². The van der Waals surface area contributed by atoms with E-state index in [9.17, 15) is 14.4 Å². The number of carbonyl (C=O) groups is 2. The molecule has 8 heteroatoms. The van der Waals surface area contributed by atoms with Crippen molar-refractivity contribution in [3.8, 4) is 11.4 Å². The Kier molecular flexibility index (Phi) is 6.12. The summed E-state index contributed by atoms with van der Waals surface area (Å²) in [7, 11) is 0. The molecule has 3 rings (SSSR count). The number of carbonyl (C=O) groups excluding carboxylic acids is 2. The summed E-state index contributed by atoms with van der Waals surface area (Å²) in [5, 5.41) is 3.26. The van der Waals surface area contributed by atoms with Gasteiger partial charge in [-0.15, -0.1) is 11.3 Å². The molecule has 29 heavy (non-hydrogen) atoms.